The minimum atomic E-state index is -1.14. The first-order valence-electron chi connectivity index (χ1n) is 6.37. The van der Waals surface area contributed by atoms with Crippen LogP contribution < -0.4 is 5.73 Å². The lowest BCUT2D eigenvalue weighted by Gasteiger charge is -2.24. The number of fused-ring (bicyclic) bond motifs is 1. The monoisotopic (exact) mass is 289 g/mol. The van der Waals surface area contributed by atoms with Gasteiger partial charge < -0.3 is 20.7 Å². The Morgan fingerprint density at radius 2 is 2.29 bits per heavy atom. The summed E-state index contributed by atoms with van der Waals surface area (Å²) >= 11 is 0. The number of aliphatic hydroxyl groups is 2. The van der Waals surface area contributed by atoms with Crippen molar-refractivity contribution in [3.05, 3.63) is 12.7 Å². The number of nitrogens with two attached hydrogens (primary N) is 1. The lowest BCUT2D eigenvalue weighted by Crippen LogP contribution is -2.41. The van der Waals surface area contributed by atoms with Gasteiger partial charge in [0.1, 0.15) is 23.5 Å². The van der Waals surface area contributed by atoms with Gasteiger partial charge in [0, 0.05) is 0 Å². The van der Waals surface area contributed by atoms with Crippen LogP contribution in [0.3, 0.4) is 0 Å². The molecular weight excluding hydrogens is 274 g/mol. The average molecular weight is 289 g/mol. The highest BCUT2D eigenvalue weighted by Gasteiger charge is 2.52. The van der Waals surface area contributed by atoms with Crippen LogP contribution in [-0.2, 0) is 4.74 Å². The maximum Gasteiger partial charge on any atom is 0.167 e. The summed E-state index contributed by atoms with van der Waals surface area (Å²) in [6.07, 6.45) is 6.61. The topological polar surface area (TPSA) is 119 Å². The van der Waals surface area contributed by atoms with E-state index < -0.39 is 23.9 Å². The van der Waals surface area contributed by atoms with Gasteiger partial charge in [-0.25, -0.2) is 15.0 Å². The van der Waals surface area contributed by atoms with Crippen LogP contribution in [0.4, 0.5) is 5.82 Å². The minimum absolute atomic E-state index is 0.250. The number of aromatic nitrogens is 4. The van der Waals surface area contributed by atoms with Crippen molar-refractivity contribution in [2.45, 2.75) is 24.9 Å². The predicted octanol–water partition coefficient (Wildman–Crippen LogP) is -0.701. The van der Waals surface area contributed by atoms with Crippen molar-refractivity contribution in [3.63, 3.8) is 0 Å². The molecular formula is C13H15N5O3. The molecule has 0 radical (unpaired) electrons. The fourth-order valence-electron chi connectivity index (χ4n) is 2.54. The Hall–Kier alpha value is -2.21. The fraction of sp³-hybridized carbons (Fsp3) is 0.462. The number of rotatable bonds is 2. The largest absolute Gasteiger partial charge is 0.393 e. The number of terminal acetylenes is 1. The van der Waals surface area contributed by atoms with Gasteiger partial charge in [-0.3, -0.25) is 4.57 Å². The molecule has 0 saturated carbocycles. The van der Waals surface area contributed by atoms with E-state index in [1.165, 1.54) is 12.7 Å². The maximum absolute atomic E-state index is 10.3. The SMILES string of the molecule is C#C[C@@H]1[C@H](n2cnc3c(N)ncnc32)O[C@](C)(CO)[C@H]1O. The molecule has 21 heavy (non-hydrogen) atoms. The average Bonchev–Trinajstić information content (AvgIpc) is 3.01. The summed E-state index contributed by atoms with van der Waals surface area (Å²) < 4.78 is 7.38. The third-order valence-corrected chi connectivity index (χ3v) is 3.83. The van der Waals surface area contributed by atoms with Gasteiger partial charge in [0.25, 0.3) is 0 Å². The molecule has 1 aliphatic heterocycles. The number of imidazole rings is 1. The molecule has 0 amide bonds. The van der Waals surface area contributed by atoms with Crippen molar-refractivity contribution in [1.82, 2.24) is 19.5 Å². The van der Waals surface area contributed by atoms with Crippen molar-refractivity contribution in [2.75, 3.05) is 12.3 Å². The second kappa shape index (κ2) is 4.66. The Kier molecular flexibility index (Phi) is 3.06. The first-order valence-corrected chi connectivity index (χ1v) is 6.37. The molecule has 2 aromatic rings. The number of nitrogen functional groups attached to an aromatic ring is 1. The van der Waals surface area contributed by atoms with Crippen LogP contribution in [0.15, 0.2) is 12.7 Å². The Bertz CT molecular complexity index is 724. The van der Waals surface area contributed by atoms with Gasteiger partial charge in [-0.2, -0.15) is 0 Å². The van der Waals surface area contributed by atoms with Crippen LogP contribution in [0.2, 0.25) is 0 Å². The molecule has 0 unspecified atom stereocenters. The van der Waals surface area contributed by atoms with Crippen LogP contribution in [0.25, 0.3) is 11.2 Å². The van der Waals surface area contributed by atoms with E-state index in [0.717, 1.165) is 0 Å². The number of aliphatic hydroxyl groups excluding tert-OH is 2. The molecule has 8 nitrogen and oxygen atoms in total. The Balaban J connectivity index is 2.10. The molecule has 1 aliphatic rings. The highest BCUT2D eigenvalue weighted by atomic mass is 16.6. The Labute approximate surface area is 120 Å². The van der Waals surface area contributed by atoms with Crippen molar-refractivity contribution in [3.8, 4) is 12.3 Å². The summed E-state index contributed by atoms with van der Waals surface area (Å²) in [7, 11) is 0. The molecule has 1 saturated heterocycles. The van der Waals surface area contributed by atoms with Gasteiger partial charge in [0.2, 0.25) is 0 Å². The second-order valence-corrected chi connectivity index (χ2v) is 5.20. The van der Waals surface area contributed by atoms with Gasteiger partial charge in [0.05, 0.1) is 18.9 Å². The molecule has 4 N–H and O–H groups in total. The highest BCUT2D eigenvalue weighted by molar-refractivity contribution is 5.81. The van der Waals surface area contributed by atoms with Crippen molar-refractivity contribution < 1.29 is 14.9 Å². The second-order valence-electron chi connectivity index (χ2n) is 5.20. The lowest BCUT2D eigenvalue weighted by atomic mass is 9.92. The number of hydrogen-bond donors (Lipinski definition) is 3. The Morgan fingerprint density at radius 1 is 1.52 bits per heavy atom. The normalized spacial score (nSPS) is 32.4. The molecule has 0 spiro atoms. The highest BCUT2D eigenvalue weighted by Crippen LogP contribution is 2.41. The van der Waals surface area contributed by atoms with Crippen LogP contribution in [-0.4, -0.2) is 48.0 Å². The lowest BCUT2D eigenvalue weighted by molar-refractivity contribution is -0.115. The number of nitrogens with zero attached hydrogens (tertiary/aromatic N) is 4. The van der Waals surface area contributed by atoms with Crippen molar-refractivity contribution in [1.29, 1.82) is 0 Å². The van der Waals surface area contributed by atoms with E-state index in [-0.39, 0.29) is 12.4 Å². The Morgan fingerprint density at radius 3 is 2.95 bits per heavy atom. The molecule has 0 bridgehead atoms. The summed E-state index contributed by atoms with van der Waals surface area (Å²) in [6.45, 7) is 1.25. The van der Waals surface area contributed by atoms with Crippen molar-refractivity contribution in [2.24, 2.45) is 5.92 Å². The van der Waals surface area contributed by atoms with E-state index in [0.29, 0.717) is 11.2 Å². The van der Waals surface area contributed by atoms with Gasteiger partial charge in [-0.15, -0.1) is 6.42 Å². The van der Waals surface area contributed by atoms with Crippen LogP contribution in [0, 0.1) is 18.3 Å². The zero-order valence-electron chi connectivity index (χ0n) is 11.3. The molecule has 0 aromatic carbocycles. The summed E-state index contributed by atoms with van der Waals surface area (Å²) in [4.78, 5) is 12.1. The molecule has 8 heteroatoms. The standard InChI is InChI=1S/C13H15N5O3/c1-3-7-9(20)13(2,4-19)21-12(7)18-6-17-8-10(14)15-5-16-11(8)18/h1,5-7,9,12,19-20H,4H2,2H3,(H2,14,15,16)/t7-,9-,12+,13+/m0/s1. The van der Waals surface area contributed by atoms with Gasteiger partial charge in [0.15, 0.2) is 17.7 Å². The number of ether oxygens (including phenoxy) is 1. The minimum Gasteiger partial charge on any atom is -0.393 e. The predicted molar refractivity (Wildman–Crippen MR) is 73.7 cm³/mol. The summed E-state index contributed by atoms with van der Waals surface area (Å²) in [5.74, 6) is 2.12. The zero-order valence-corrected chi connectivity index (χ0v) is 11.3. The smallest absolute Gasteiger partial charge is 0.167 e. The van der Waals surface area contributed by atoms with E-state index in [9.17, 15) is 10.2 Å². The van der Waals surface area contributed by atoms with Gasteiger partial charge >= 0.3 is 0 Å². The zero-order chi connectivity index (χ0) is 15.2. The molecule has 3 rings (SSSR count). The quantitative estimate of drug-likeness (QED) is 0.625. The molecule has 4 atom stereocenters. The molecule has 3 heterocycles. The third-order valence-electron chi connectivity index (χ3n) is 3.83. The summed E-state index contributed by atoms with van der Waals surface area (Å²) in [6, 6.07) is 0. The number of hydrogen-bond acceptors (Lipinski definition) is 7. The molecule has 110 valence electrons. The van der Waals surface area contributed by atoms with Crippen LogP contribution >= 0.6 is 0 Å². The molecule has 0 aliphatic carbocycles. The van der Waals surface area contributed by atoms with E-state index in [4.69, 9.17) is 16.9 Å². The number of anilines is 1. The molecule has 2 aromatic heterocycles. The van der Waals surface area contributed by atoms with Crippen LogP contribution in [0.1, 0.15) is 13.2 Å². The fourth-order valence-corrected chi connectivity index (χ4v) is 2.54. The van der Waals surface area contributed by atoms with E-state index in [1.54, 1.807) is 11.5 Å². The molecule has 1 fully saturated rings. The first kappa shape index (κ1) is 13.8. The third kappa shape index (κ3) is 1.86. The van der Waals surface area contributed by atoms with Gasteiger partial charge in [-0.1, -0.05) is 5.92 Å². The maximum atomic E-state index is 10.3. The summed E-state index contributed by atoms with van der Waals surface area (Å²) in [5, 5.41) is 19.7. The first-order chi connectivity index (χ1) is 10.0. The van der Waals surface area contributed by atoms with E-state index in [1.807, 2.05) is 0 Å². The van der Waals surface area contributed by atoms with E-state index in [2.05, 4.69) is 20.9 Å². The van der Waals surface area contributed by atoms with E-state index >= 15 is 0 Å². The summed E-state index contributed by atoms with van der Waals surface area (Å²) in [5.41, 5.74) is 5.50. The van der Waals surface area contributed by atoms with Crippen LogP contribution in [0.5, 0.6) is 0 Å². The van der Waals surface area contributed by atoms with Gasteiger partial charge in [-0.05, 0) is 6.92 Å². The van der Waals surface area contributed by atoms with Crippen molar-refractivity contribution >= 4 is 17.0 Å².